The molecule has 0 saturated carbocycles. The molecule has 0 unspecified atom stereocenters. The zero-order valence-corrected chi connectivity index (χ0v) is 26.4. The first kappa shape index (κ1) is 31.1. The average molecular weight is 618 g/mol. The van der Waals surface area contributed by atoms with Crippen molar-refractivity contribution >= 4 is 41.8 Å². The molecule has 3 heterocycles. The van der Waals surface area contributed by atoms with Crippen molar-refractivity contribution in [2.24, 2.45) is 0 Å². The molecule has 2 aromatic heterocycles. The van der Waals surface area contributed by atoms with Gasteiger partial charge in [0, 0.05) is 6.42 Å². The van der Waals surface area contributed by atoms with Crippen LogP contribution in [0.15, 0.2) is 67.0 Å². The van der Waals surface area contributed by atoms with Crippen LogP contribution >= 0.6 is 0 Å². The Hall–Kier alpha value is -4.31. The van der Waals surface area contributed by atoms with Gasteiger partial charge >= 0.3 is 12.2 Å². The minimum atomic E-state index is -3.08. The molecular formula is C32H36FN5O5Si. The summed E-state index contributed by atoms with van der Waals surface area (Å²) < 4.78 is 40.5. The summed E-state index contributed by atoms with van der Waals surface area (Å²) in [6.45, 7) is 9.74. The number of imidazole rings is 1. The highest BCUT2D eigenvalue weighted by Crippen LogP contribution is 2.43. The molecule has 1 fully saturated rings. The Morgan fingerprint density at radius 3 is 2.32 bits per heavy atom. The molecule has 0 amide bonds. The van der Waals surface area contributed by atoms with E-state index in [-0.39, 0.29) is 35.0 Å². The van der Waals surface area contributed by atoms with E-state index in [0.29, 0.717) is 0 Å². The number of hydrogen-bond acceptors (Lipinski definition) is 9. The van der Waals surface area contributed by atoms with Crippen molar-refractivity contribution in [2.75, 3.05) is 12.3 Å². The standard InChI is InChI=1S/C32H36FN5O5Si/c1-7-32(19-40-44(31(4,5)6,22-14-10-8-11-15-22)23-16-12-9-13-17-23)24(42-30(39)41-21(2)3)18-25(43-32)38-20-35-26-27(34)36-29(33)37-28(26)38/h1,8-17,20-21,24-25H,18-19H2,2-6H3,(H2,34,36,37)/t24-,25+,32+/m0/s1. The molecule has 2 N–H and O–H groups in total. The maximum atomic E-state index is 14.2. The summed E-state index contributed by atoms with van der Waals surface area (Å²) in [5.41, 5.74) is 4.66. The second-order valence-corrected chi connectivity index (χ2v) is 16.3. The molecule has 44 heavy (non-hydrogen) atoms. The van der Waals surface area contributed by atoms with E-state index < -0.39 is 44.6 Å². The lowest BCUT2D eigenvalue weighted by atomic mass is 9.99. The van der Waals surface area contributed by atoms with Gasteiger partial charge in [0.15, 0.2) is 28.7 Å². The molecule has 12 heteroatoms. The first-order valence-corrected chi connectivity index (χ1v) is 16.2. The van der Waals surface area contributed by atoms with E-state index in [9.17, 15) is 9.18 Å². The number of fused-ring (bicyclic) bond motifs is 1. The lowest BCUT2D eigenvalue weighted by molar-refractivity contribution is -0.0963. The molecule has 230 valence electrons. The number of benzene rings is 2. The smallest absolute Gasteiger partial charge is 0.432 e. The number of hydrogen-bond donors (Lipinski definition) is 1. The molecule has 10 nitrogen and oxygen atoms in total. The molecule has 2 aromatic carbocycles. The van der Waals surface area contributed by atoms with Gasteiger partial charge in [0.1, 0.15) is 6.23 Å². The highest BCUT2D eigenvalue weighted by molar-refractivity contribution is 6.99. The van der Waals surface area contributed by atoms with Gasteiger partial charge in [0.05, 0.1) is 19.0 Å². The second-order valence-electron chi connectivity index (χ2n) is 12.0. The van der Waals surface area contributed by atoms with Crippen LogP contribution < -0.4 is 16.1 Å². The number of aromatic nitrogens is 4. The number of anilines is 1. The van der Waals surface area contributed by atoms with Gasteiger partial charge in [-0.2, -0.15) is 14.4 Å². The molecule has 5 rings (SSSR count). The number of nitrogens with two attached hydrogens (primary N) is 1. The number of ether oxygens (including phenoxy) is 3. The summed E-state index contributed by atoms with van der Waals surface area (Å²) in [6.07, 6.45) is 3.54. The van der Waals surface area contributed by atoms with E-state index in [2.05, 4.69) is 65.9 Å². The van der Waals surface area contributed by atoms with Crippen LogP contribution in [-0.2, 0) is 18.6 Å². The summed E-state index contributed by atoms with van der Waals surface area (Å²) in [4.78, 5) is 24.5. The highest BCUT2D eigenvalue weighted by atomic mass is 28.4. The van der Waals surface area contributed by atoms with Gasteiger partial charge in [-0.15, -0.1) is 6.42 Å². The molecular weight excluding hydrogens is 581 g/mol. The molecule has 1 aliphatic heterocycles. The van der Waals surface area contributed by atoms with Crippen LogP contribution in [-0.4, -0.2) is 58.4 Å². The van der Waals surface area contributed by atoms with Crippen molar-refractivity contribution in [1.29, 1.82) is 0 Å². The van der Waals surface area contributed by atoms with Crippen LogP contribution in [0.4, 0.5) is 15.0 Å². The lowest BCUT2D eigenvalue weighted by Crippen LogP contribution is -2.68. The minimum absolute atomic E-state index is 0.0818. The first-order valence-electron chi connectivity index (χ1n) is 14.3. The van der Waals surface area contributed by atoms with Crippen molar-refractivity contribution in [3.8, 4) is 12.3 Å². The fourth-order valence-electron chi connectivity index (χ4n) is 5.78. The molecule has 0 aliphatic carbocycles. The predicted octanol–water partition coefficient (Wildman–Crippen LogP) is 4.35. The second kappa shape index (κ2) is 12.0. The van der Waals surface area contributed by atoms with Crippen LogP contribution in [0, 0.1) is 18.4 Å². The van der Waals surface area contributed by atoms with Gasteiger partial charge in [-0.1, -0.05) is 87.4 Å². The van der Waals surface area contributed by atoms with Gasteiger partial charge in [-0.05, 0) is 29.3 Å². The van der Waals surface area contributed by atoms with Crippen molar-refractivity contribution in [2.45, 2.75) is 70.1 Å². The van der Waals surface area contributed by atoms with Crippen molar-refractivity contribution < 1.29 is 27.8 Å². The SMILES string of the molecule is C#C[C@]1(CO[Si](c2ccccc2)(c2ccccc2)C(C)(C)C)O[C@@H](n2cnc3c(N)nc(F)nc32)C[C@@H]1OC(=O)OC(C)C. The lowest BCUT2D eigenvalue weighted by Gasteiger charge is -2.44. The Morgan fingerprint density at radius 1 is 1.16 bits per heavy atom. The quantitative estimate of drug-likeness (QED) is 0.133. The summed E-state index contributed by atoms with van der Waals surface area (Å²) >= 11 is 0. The highest BCUT2D eigenvalue weighted by Gasteiger charge is 2.56. The number of terminal acetylenes is 1. The number of carbonyl (C=O) groups excluding carboxylic acids is 1. The average Bonchev–Trinajstić information content (AvgIpc) is 3.55. The normalized spacial score (nSPS) is 20.5. The van der Waals surface area contributed by atoms with E-state index in [0.717, 1.165) is 10.4 Å². The minimum Gasteiger partial charge on any atom is -0.432 e. The van der Waals surface area contributed by atoms with Crippen LogP contribution in [0.3, 0.4) is 0 Å². The van der Waals surface area contributed by atoms with E-state index >= 15 is 0 Å². The molecule has 0 spiro atoms. The molecule has 4 aromatic rings. The maximum absolute atomic E-state index is 14.2. The fraction of sp³-hybridized carbons (Fsp3) is 0.375. The number of rotatable bonds is 8. The number of carbonyl (C=O) groups is 1. The molecule has 3 atom stereocenters. The van der Waals surface area contributed by atoms with Gasteiger partial charge in [0.25, 0.3) is 8.32 Å². The van der Waals surface area contributed by atoms with Gasteiger partial charge < -0.3 is 24.4 Å². The van der Waals surface area contributed by atoms with E-state index in [4.69, 9.17) is 30.8 Å². The monoisotopic (exact) mass is 617 g/mol. The topological polar surface area (TPSA) is 124 Å². The number of nitrogens with zero attached hydrogens (tertiary/aromatic N) is 4. The van der Waals surface area contributed by atoms with Crippen LogP contribution in [0.1, 0.15) is 47.3 Å². The van der Waals surface area contributed by atoms with E-state index in [1.54, 1.807) is 13.8 Å². The summed E-state index contributed by atoms with van der Waals surface area (Å²) in [5, 5.41) is 1.73. The van der Waals surface area contributed by atoms with Crippen molar-refractivity contribution in [3.05, 3.63) is 73.1 Å². The Labute approximate surface area is 256 Å². The van der Waals surface area contributed by atoms with Crippen LogP contribution in [0.5, 0.6) is 0 Å². The van der Waals surface area contributed by atoms with Crippen molar-refractivity contribution in [3.63, 3.8) is 0 Å². The third-order valence-electron chi connectivity index (χ3n) is 7.75. The third kappa shape index (κ3) is 5.66. The molecule has 0 bridgehead atoms. The largest absolute Gasteiger partial charge is 0.508 e. The summed E-state index contributed by atoms with van der Waals surface area (Å²) in [5.74, 6) is 2.64. The molecule has 0 radical (unpaired) electrons. The first-order chi connectivity index (χ1) is 20.9. The Kier molecular flexibility index (Phi) is 8.48. The van der Waals surface area contributed by atoms with E-state index in [1.807, 2.05) is 36.4 Å². The van der Waals surface area contributed by atoms with Gasteiger partial charge in [-0.3, -0.25) is 4.57 Å². The van der Waals surface area contributed by atoms with Crippen molar-refractivity contribution in [1.82, 2.24) is 19.5 Å². The van der Waals surface area contributed by atoms with Gasteiger partial charge in [0.2, 0.25) is 0 Å². The van der Waals surface area contributed by atoms with Crippen LogP contribution in [0.25, 0.3) is 11.2 Å². The zero-order valence-electron chi connectivity index (χ0n) is 25.4. The zero-order chi connectivity index (χ0) is 31.7. The van der Waals surface area contributed by atoms with Gasteiger partial charge in [-0.25, -0.2) is 9.78 Å². The third-order valence-corrected chi connectivity index (χ3v) is 12.7. The maximum Gasteiger partial charge on any atom is 0.508 e. The predicted molar refractivity (Wildman–Crippen MR) is 166 cm³/mol. The molecule has 1 aliphatic rings. The summed E-state index contributed by atoms with van der Waals surface area (Å²) in [7, 11) is -3.08. The Bertz CT molecular complexity index is 1630. The fourth-order valence-corrected chi connectivity index (χ4v) is 10.4. The Balaban J connectivity index is 1.59. The number of nitrogen functional groups attached to an aromatic ring is 1. The molecule has 1 saturated heterocycles. The summed E-state index contributed by atoms with van der Waals surface area (Å²) in [6, 6.07) is 20.1. The number of halogens is 1. The van der Waals surface area contributed by atoms with E-state index in [1.165, 1.54) is 10.9 Å². The van der Waals surface area contributed by atoms with Crippen LogP contribution in [0.2, 0.25) is 5.04 Å². The Morgan fingerprint density at radius 2 is 1.77 bits per heavy atom.